The Morgan fingerprint density at radius 2 is 2.00 bits per heavy atom. The first kappa shape index (κ1) is 19.8. The van der Waals surface area contributed by atoms with Crippen LogP contribution in [-0.4, -0.2) is 58.7 Å². The normalized spacial score (nSPS) is 49.1. The van der Waals surface area contributed by atoms with E-state index in [1.54, 1.807) is 13.2 Å². The summed E-state index contributed by atoms with van der Waals surface area (Å²) in [6.45, 7) is 10.1. The third kappa shape index (κ3) is 2.25. The number of fused-ring (bicyclic) bond motifs is 2. The summed E-state index contributed by atoms with van der Waals surface area (Å²) in [5.41, 5.74) is -1.52. The molecule has 5 aliphatic carbocycles. The molecule has 2 N–H and O–H groups in total. The van der Waals surface area contributed by atoms with E-state index in [2.05, 4.69) is 31.7 Å². The minimum atomic E-state index is -1.16. The number of rotatable bonds is 4. The standard InChI is InChI=1S/C29H41NO4/c1-25(2,3)26(4,32)20-15-27-10-11-29(20,33-5)24-28(27)12-13-30(16-17-6-7-17)21(27)14-18-8-9-19(31)23(34-24)22(18)28/h8-9,17,20-21,24,31-32H,6-7,10-16H2,1-5H3/t20-,21-,24?,26+,27-,28+,29-/m1/s1/i10D,11D/t10?,11?,20-,21-,24?,26+,27-,28+,29-. The maximum absolute atomic E-state index is 12.3. The van der Waals surface area contributed by atoms with Crippen LogP contribution in [0.5, 0.6) is 11.5 Å². The molecule has 34 heavy (non-hydrogen) atoms. The Hall–Kier alpha value is -1.30. The number of aromatic hydroxyl groups is 1. The predicted molar refractivity (Wildman–Crippen MR) is 130 cm³/mol. The van der Waals surface area contributed by atoms with Crippen LogP contribution >= 0.6 is 0 Å². The Kier molecular flexibility index (Phi) is 3.69. The highest BCUT2D eigenvalue weighted by molar-refractivity contribution is 5.63. The summed E-state index contributed by atoms with van der Waals surface area (Å²) in [6, 6.07) is 3.93. The molecule has 0 aromatic heterocycles. The number of hydrogen-bond donors (Lipinski definition) is 2. The number of phenols is 1. The van der Waals surface area contributed by atoms with Gasteiger partial charge in [-0.2, -0.15) is 0 Å². The summed E-state index contributed by atoms with van der Waals surface area (Å²) >= 11 is 0. The van der Waals surface area contributed by atoms with E-state index in [1.807, 2.05) is 6.92 Å². The van der Waals surface area contributed by atoms with Crippen molar-refractivity contribution in [3.8, 4) is 11.5 Å². The summed E-state index contributed by atoms with van der Waals surface area (Å²) < 4.78 is 32.6. The summed E-state index contributed by atoms with van der Waals surface area (Å²) in [6.07, 6.45) is 2.78. The molecule has 2 spiro atoms. The molecule has 2 heterocycles. The fourth-order valence-corrected chi connectivity index (χ4v) is 8.94. The molecule has 1 aromatic carbocycles. The molecular weight excluding hydrogens is 426 g/mol. The molecule has 1 aromatic rings. The van der Waals surface area contributed by atoms with E-state index in [0.29, 0.717) is 12.2 Å². The number of phenolic OH excluding ortho intramolecular Hbond substituents is 1. The van der Waals surface area contributed by atoms with Gasteiger partial charge in [-0.05, 0) is 81.3 Å². The van der Waals surface area contributed by atoms with Gasteiger partial charge in [-0.1, -0.05) is 26.8 Å². The van der Waals surface area contributed by atoms with Gasteiger partial charge in [-0.15, -0.1) is 0 Å². The van der Waals surface area contributed by atoms with Gasteiger partial charge < -0.3 is 19.7 Å². The lowest BCUT2D eigenvalue weighted by Crippen LogP contribution is -2.83. The molecule has 1 saturated heterocycles. The number of nitrogens with zero attached hydrogens (tertiary/aromatic N) is 1. The van der Waals surface area contributed by atoms with Gasteiger partial charge in [0, 0.05) is 44.7 Å². The lowest BCUT2D eigenvalue weighted by Gasteiger charge is -2.75. The molecular formula is C29H41NO4. The number of hydrogen-bond acceptors (Lipinski definition) is 5. The van der Waals surface area contributed by atoms with Crippen LogP contribution in [0, 0.1) is 22.7 Å². The highest BCUT2D eigenvalue weighted by Crippen LogP contribution is 2.78. The van der Waals surface area contributed by atoms with Crippen molar-refractivity contribution in [2.45, 2.75) is 101 Å². The van der Waals surface area contributed by atoms with E-state index in [-0.39, 0.29) is 17.7 Å². The Morgan fingerprint density at radius 1 is 1.24 bits per heavy atom. The number of ether oxygens (including phenoxy) is 2. The number of methoxy groups -OCH3 is 1. The minimum absolute atomic E-state index is 0.115. The molecule has 5 heteroatoms. The molecule has 3 unspecified atom stereocenters. The SMILES string of the molecule is [2H]C1C([2H])[C@]23C[C@H]([C@](C)(O)C(C)(C)C)[C@@]1(OC)C1Oc4c(O)ccc5c4[C@@]12CCN(CC1CC1)[C@@H]3C5. The van der Waals surface area contributed by atoms with Crippen molar-refractivity contribution in [3.05, 3.63) is 23.3 Å². The van der Waals surface area contributed by atoms with Crippen LogP contribution in [0.2, 0.25) is 0 Å². The van der Waals surface area contributed by atoms with Crippen LogP contribution in [0.15, 0.2) is 12.1 Å². The Labute approximate surface area is 206 Å². The lowest BCUT2D eigenvalue weighted by atomic mass is 9.33. The van der Waals surface area contributed by atoms with Crippen LogP contribution in [-0.2, 0) is 16.6 Å². The van der Waals surface area contributed by atoms with Crippen molar-refractivity contribution in [1.29, 1.82) is 0 Å². The molecule has 4 saturated carbocycles. The summed E-state index contributed by atoms with van der Waals surface area (Å²) in [5.74, 6) is 1.03. The highest BCUT2D eigenvalue weighted by Gasteiger charge is 2.82. The van der Waals surface area contributed by atoms with E-state index in [1.165, 1.54) is 18.4 Å². The van der Waals surface area contributed by atoms with Gasteiger partial charge in [0.15, 0.2) is 11.5 Å². The van der Waals surface area contributed by atoms with Gasteiger partial charge in [0.05, 0.1) is 5.60 Å². The zero-order valence-corrected chi connectivity index (χ0v) is 21.2. The molecule has 5 nitrogen and oxygen atoms in total. The summed E-state index contributed by atoms with van der Waals surface area (Å²) in [7, 11) is 1.64. The highest BCUT2D eigenvalue weighted by atomic mass is 16.6. The lowest BCUT2D eigenvalue weighted by molar-refractivity contribution is -0.312. The largest absolute Gasteiger partial charge is 0.504 e. The number of likely N-dealkylation sites (tertiary alicyclic amines) is 1. The third-order valence-electron chi connectivity index (χ3n) is 11.3. The van der Waals surface area contributed by atoms with E-state index in [9.17, 15) is 13.0 Å². The fraction of sp³-hybridized carbons (Fsp3) is 0.793. The molecule has 2 aliphatic heterocycles. The average Bonchev–Trinajstić information content (AvgIpc) is 3.56. The van der Waals surface area contributed by atoms with Crippen LogP contribution in [0.4, 0.5) is 0 Å². The number of piperidine rings is 1. The van der Waals surface area contributed by atoms with Gasteiger partial charge in [0.25, 0.3) is 0 Å². The summed E-state index contributed by atoms with van der Waals surface area (Å²) in [4.78, 5) is 2.63. The van der Waals surface area contributed by atoms with Gasteiger partial charge >= 0.3 is 0 Å². The van der Waals surface area contributed by atoms with Crippen LogP contribution in [0.1, 0.15) is 80.0 Å². The first-order valence-corrected chi connectivity index (χ1v) is 13.3. The monoisotopic (exact) mass is 469 g/mol. The Balaban J connectivity index is 1.53. The molecule has 5 fully saturated rings. The second kappa shape index (κ2) is 6.33. The molecule has 0 amide bonds. The maximum Gasteiger partial charge on any atom is 0.165 e. The molecule has 7 aliphatic rings. The quantitative estimate of drug-likeness (QED) is 0.684. The first-order chi connectivity index (χ1) is 16.9. The van der Waals surface area contributed by atoms with Crippen molar-refractivity contribution in [2.24, 2.45) is 22.7 Å². The molecule has 186 valence electrons. The van der Waals surface area contributed by atoms with Crippen LogP contribution in [0.25, 0.3) is 0 Å². The van der Waals surface area contributed by atoms with E-state index in [4.69, 9.17) is 9.47 Å². The van der Waals surface area contributed by atoms with E-state index >= 15 is 0 Å². The number of benzene rings is 1. The van der Waals surface area contributed by atoms with Gasteiger partial charge in [-0.25, -0.2) is 0 Å². The molecule has 9 atom stereocenters. The van der Waals surface area contributed by atoms with Crippen molar-refractivity contribution < 1.29 is 22.4 Å². The Morgan fingerprint density at radius 3 is 2.68 bits per heavy atom. The average molecular weight is 470 g/mol. The van der Waals surface area contributed by atoms with Crippen molar-refractivity contribution in [1.82, 2.24) is 4.90 Å². The van der Waals surface area contributed by atoms with Crippen molar-refractivity contribution >= 4 is 0 Å². The van der Waals surface area contributed by atoms with Gasteiger partial charge in [0.1, 0.15) is 11.7 Å². The van der Waals surface area contributed by atoms with E-state index in [0.717, 1.165) is 37.4 Å². The van der Waals surface area contributed by atoms with Crippen molar-refractivity contribution in [3.63, 3.8) is 0 Å². The molecule has 8 rings (SSSR count). The minimum Gasteiger partial charge on any atom is -0.504 e. The van der Waals surface area contributed by atoms with Gasteiger partial charge in [0.2, 0.25) is 0 Å². The van der Waals surface area contributed by atoms with Gasteiger partial charge in [-0.3, -0.25) is 4.90 Å². The molecule has 4 bridgehead atoms. The third-order valence-corrected chi connectivity index (χ3v) is 11.3. The number of aliphatic hydroxyl groups is 1. The molecule has 0 radical (unpaired) electrons. The first-order valence-electron chi connectivity index (χ1n) is 14.4. The smallest absolute Gasteiger partial charge is 0.165 e. The zero-order valence-electron chi connectivity index (χ0n) is 23.2. The topological polar surface area (TPSA) is 62.2 Å². The second-order valence-electron chi connectivity index (χ2n) is 13.4. The van der Waals surface area contributed by atoms with Crippen molar-refractivity contribution in [2.75, 3.05) is 20.2 Å². The van der Waals surface area contributed by atoms with Crippen LogP contribution < -0.4 is 4.74 Å². The predicted octanol–water partition coefficient (Wildman–Crippen LogP) is 4.41. The summed E-state index contributed by atoms with van der Waals surface area (Å²) in [5, 5.41) is 23.3. The zero-order chi connectivity index (χ0) is 25.6. The fourth-order valence-electron chi connectivity index (χ4n) is 8.94. The van der Waals surface area contributed by atoms with E-state index < -0.39 is 46.3 Å². The second-order valence-corrected chi connectivity index (χ2v) is 13.4. The Bertz CT molecular complexity index is 1130. The van der Waals surface area contributed by atoms with Crippen LogP contribution in [0.3, 0.4) is 0 Å². The maximum atomic E-state index is 12.3.